The van der Waals surface area contributed by atoms with Crippen LogP contribution in [0.3, 0.4) is 0 Å². The zero-order valence-electron chi connectivity index (χ0n) is 16.5. The summed E-state index contributed by atoms with van der Waals surface area (Å²) >= 11 is 0. The molecule has 0 spiro atoms. The van der Waals surface area contributed by atoms with Crippen molar-refractivity contribution in [2.24, 2.45) is 0 Å². The van der Waals surface area contributed by atoms with E-state index in [0.29, 0.717) is 16.9 Å². The fourth-order valence-electron chi connectivity index (χ4n) is 2.79. The SMILES string of the molecule is CC(C)c1ccccc1Oc1coc2cc(OCC(=O)NCC(=O)O)ccc2c1=O. The average molecular weight is 411 g/mol. The molecule has 0 radical (unpaired) electrons. The lowest BCUT2D eigenvalue weighted by molar-refractivity contribution is -0.138. The molecule has 0 aliphatic rings. The zero-order valence-corrected chi connectivity index (χ0v) is 16.5. The number of hydrogen-bond donors (Lipinski definition) is 2. The number of para-hydroxylation sites is 1. The van der Waals surface area contributed by atoms with Gasteiger partial charge in [-0.2, -0.15) is 0 Å². The molecule has 0 bridgehead atoms. The van der Waals surface area contributed by atoms with Gasteiger partial charge in [0.15, 0.2) is 6.61 Å². The minimum absolute atomic E-state index is 0.0670. The average Bonchev–Trinajstić information content (AvgIpc) is 2.73. The Morgan fingerprint density at radius 1 is 1.13 bits per heavy atom. The standard InChI is InChI=1S/C22H21NO7/c1-13(2)15-5-3-4-6-17(15)30-19-11-29-18-9-14(7-8-16(18)22(19)27)28-12-20(24)23-10-21(25)26/h3-9,11,13H,10,12H2,1-2H3,(H,23,24)(H,25,26). The third kappa shape index (κ3) is 4.96. The maximum atomic E-state index is 12.8. The van der Waals surface area contributed by atoms with Gasteiger partial charge in [0.05, 0.1) is 5.39 Å². The Morgan fingerprint density at radius 3 is 2.63 bits per heavy atom. The first-order valence-corrected chi connectivity index (χ1v) is 9.28. The third-order valence-electron chi connectivity index (χ3n) is 4.28. The Morgan fingerprint density at radius 2 is 1.90 bits per heavy atom. The quantitative estimate of drug-likeness (QED) is 0.584. The number of benzene rings is 2. The highest BCUT2D eigenvalue weighted by Gasteiger charge is 2.14. The molecule has 1 heterocycles. The van der Waals surface area contributed by atoms with Crippen LogP contribution in [0.25, 0.3) is 11.0 Å². The van der Waals surface area contributed by atoms with Crippen molar-refractivity contribution in [1.82, 2.24) is 5.32 Å². The molecule has 0 unspecified atom stereocenters. The first kappa shape index (κ1) is 20.9. The molecule has 0 saturated heterocycles. The van der Waals surface area contributed by atoms with Crippen LogP contribution >= 0.6 is 0 Å². The molecule has 1 aromatic heterocycles. The number of carbonyl (C=O) groups is 2. The van der Waals surface area contributed by atoms with E-state index in [1.165, 1.54) is 24.5 Å². The fourth-order valence-corrected chi connectivity index (χ4v) is 2.79. The number of aliphatic carboxylic acids is 1. The van der Waals surface area contributed by atoms with Gasteiger partial charge < -0.3 is 24.3 Å². The highest BCUT2D eigenvalue weighted by atomic mass is 16.5. The molecular formula is C22H21NO7. The van der Waals surface area contributed by atoms with Gasteiger partial charge in [-0.1, -0.05) is 32.0 Å². The molecule has 8 heteroatoms. The van der Waals surface area contributed by atoms with Crippen LogP contribution in [0.15, 0.2) is 57.9 Å². The van der Waals surface area contributed by atoms with Crippen LogP contribution in [-0.4, -0.2) is 30.1 Å². The third-order valence-corrected chi connectivity index (χ3v) is 4.28. The van der Waals surface area contributed by atoms with Gasteiger partial charge in [0.1, 0.15) is 29.9 Å². The summed E-state index contributed by atoms with van der Waals surface area (Å²) in [6, 6.07) is 12.0. The predicted molar refractivity (Wildman–Crippen MR) is 109 cm³/mol. The van der Waals surface area contributed by atoms with Crippen LogP contribution in [0.4, 0.5) is 0 Å². The summed E-state index contributed by atoms with van der Waals surface area (Å²) in [5.41, 5.74) is 0.912. The summed E-state index contributed by atoms with van der Waals surface area (Å²) in [5.74, 6) is -0.545. The smallest absolute Gasteiger partial charge is 0.322 e. The normalized spacial score (nSPS) is 10.8. The van der Waals surface area contributed by atoms with Crippen LogP contribution in [0, 0.1) is 0 Å². The molecule has 2 N–H and O–H groups in total. The lowest BCUT2D eigenvalue weighted by Crippen LogP contribution is -2.33. The monoisotopic (exact) mass is 411 g/mol. The number of carboxylic acids is 1. The van der Waals surface area contributed by atoms with E-state index in [1.807, 2.05) is 32.0 Å². The Hall–Kier alpha value is -3.81. The van der Waals surface area contributed by atoms with Crippen LogP contribution in [0.1, 0.15) is 25.3 Å². The largest absolute Gasteiger partial charge is 0.484 e. The van der Waals surface area contributed by atoms with E-state index in [9.17, 15) is 14.4 Å². The number of nitrogens with one attached hydrogen (secondary N) is 1. The molecule has 0 saturated carbocycles. The summed E-state index contributed by atoms with van der Waals surface area (Å²) in [4.78, 5) is 34.8. The lowest BCUT2D eigenvalue weighted by atomic mass is 10.0. The maximum absolute atomic E-state index is 12.8. The summed E-state index contributed by atoms with van der Waals surface area (Å²) < 4.78 is 16.7. The first-order chi connectivity index (χ1) is 14.3. The van der Waals surface area contributed by atoms with Crippen LogP contribution in [0.5, 0.6) is 17.2 Å². The molecule has 0 fully saturated rings. The van der Waals surface area contributed by atoms with Gasteiger partial charge >= 0.3 is 5.97 Å². The number of carboxylic acid groups (broad SMARTS) is 1. The van der Waals surface area contributed by atoms with E-state index in [-0.39, 0.29) is 29.3 Å². The number of fused-ring (bicyclic) bond motifs is 1. The summed E-state index contributed by atoms with van der Waals surface area (Å²) in [6.45, 7) is 3.22. The molecule has 0 atom stereocenters. The topological polar surface area (TPSA) is 115 Å². The van der Waals surface area contributed by atoms with E-state index >= 15 is 0 Å². The maximum Gasteiger partial charge on any atom is 0.322 e. The van der Waals surface area contributed by atoms with Gasteiger partial charge in [0.2, 0.25) is 11.2 Å². The summed E-state index contributed by atoms with van der Waals surface area (Å²) in [7, 11) is 0. The van der Waals surface area contributed by atoms with E-state index in [1.54, 1.807) is 6.07 Å². The van der Waals surface area contributed by atoms with Crippen molar-refractivity contribution >= 4 is 22.8 Å². The van der Waals surface area contributed by atoms with E-state index in [2.05, 4.69) is 5.32 Å². The van der Waals surface area contributed by atoms with Gasteiger partial charge in [0, 0.05) is 6.07 Å². The predicted octanol–water partition coefficient (Wildman–Crippen LogP) is 3.29. The van der Waals surface area contributed by atoms with Crippen molar-refractivity contribution < 1.29 is 28.6 Å². The van der Waals surface area contributed by atoms with Crippen LogP contribution < -0.4 is 20.2 Å². The Kier molecular flexibility index (Phi) is 6.36. The molecule has 0 aliphatic heterocycles. The van der Waals surface area contributed by atoms with Crippen molar-refractivity contribution in [3.63, 3.8) is 0 Å². The van der Waals surface area contributed by atoms with Crippen molar-refractivity contribution in [2.75, 3.05) is 13.2 Å². The van der Waals surface area contributed by atoms with E-state index in [0.717, 1.165) is 5.56 Å². The number of hydrogen-bond acceptors (Lipinski definition) is 6. The van der Waals surface area contributed by atoms with Crippen molar-refractivity contribution in [1.29, 1.82) is 0 Å². The van der Waals surface area contributed by atoms with E-state index < -0.39 is 18.4 Å². The van der Waals surface area contributed by atoms with Crippen LogP contribution in [0.2, 0.25) is 0 Å². The molecule has 2 aromatic carbocycles. The molecule has 1 amide bonds. The zero-order chi connectivity index (χ0) is 21.7. The number of ether oxygens (including phenoxy) is 2. The van der Waals surface area contributed by atoms with Crippen molar-refractivity contribution in [2.45, 2.75) is 19.8 Å². The van der Waals surface area contributed by atoms with Gasteiger partial charge in [-0.15, -0.1) is 0 Å². The number of carbonyl (C=O) groups excluding carboxylic acids is 1. The Bertz CT molecular complexity index is 1130. The van der Waals surface area contributed by atoms with Crippen molar-refractivity contribution in [3.8, 4) is 17.2 Å². The van der Waals surface area contributed by atoms with Crippen molar-refractivity contribution in [3.05, 3.63) is 64.5 Å². The second-order valence-corrected chi connectivity index (χ2v) is 6.84. The fraction of sp³-hybridized carbons (Fsp3) is 0.227. The number of rotatable bonds is 8. The molecule has 8 nitrogen and oxygen atoms in total. The second-order valence-electron chi connectivity index (χ2n) is 6.84. The minimum atomic E-state index is -1.15. The first-order valence-electron chi connectivity index (χ1n) is 9.28. The molecule has 3 aromatic rings. The molecular weight excluding hydrogens is 390 g/mol. The number of amides is 1. The highest BCUT2D eigenvalue weighted by Crippen LogP contribution is 2.30. The van der Waals surface area contributed by atoms with E-state index in [4.69, 9.17) is 19.0 Å². The van der Waals surface area contributed by atoms with Gasteiger partial charge in [0.25, 0.3) is 5.91 Å². The second kappa shape index (κ2) is 9.13. The molecule has 30 heavy (non-hydrogen) atoms. The molecule has 156 valence electrons. The van der Waals surface area contributed by atoms with Crippen LogP contribution in [-0.2, 0) is 9.59 Å². The highest BCUT2D eigenvalue weighted by molar-refractivity contribution is 5.82. The minimum Gasteiger partial charge on any atom is -0.484 e. The Balaban J connectivity index is 1.78. The summed E-state index contributed by atoms with van der Waals surface area (Å²) in [5, 5.41) is 11.0. The molecule has 0 aliphatic carbocycles. The van der Waals surface area contributed by atoms with Gasteiger partial charge in [-0.3, -0.25) is 14.4 Å². The van der Waals surface area contributed by atoms with Gasteiger partial charge in [-0.25, -0.2) is 0 Å². The lowest BCUT2D eigenvalue weighted by Gasteiger charge is -2.13. The van der Waals surface area contributed by atoms with Gasteiger partial charge in [-0.05, 0) is 29.7 Å². The Labute approximate surface area is 172 Å². The summed E-state index contributed by atoms with van der Waals surface area (Å²) in [6.07, 6.45) is 1.24. The molecule has 3 rings (SSSR count).